The fraction of sp³-hybridized carbons (Fsp3) is 0.674. The number of carbonyl (C=O) groups excluding carboxylic acids is 9. The third-order valence-electron chi connectivity index (χ3n) is 12.8. The van der Waals surface area contributed by atoms with E-state index >= 15 is 0 Å². The Morgan fingerprint density at radius 1 is 0.925 bits per heavy atom. The number of nitrogens with two attached hydrogens (primary N) is 1. The number of nitrogens with one attached hydrogen (secondary N) is 5. The highest BCUT2D eigenvalue weighted by molar-refractivity contribution is 5.98. The van der Waals surface area contributed by atoms with Crippen LogP contribution in [0.2, 0.25) is 0 Å². The minimum atomic E-state index is -1.57. The predicted molar refractivity (Wildman–Crippen MR) is 243 cm³/mol. The van der Waals surface area contributed by atoms with Crippen molar-refractivity contribution in [1.29, 1.82) is 0 Å². The molecule has 0 radical (unpaired) electrons. The van der Waals surface area contributed by atoms with Gasteiger partial charge >= 0.3 is 12.0 Å². The van der Waals surface area contributed by atoms with Crippen LogP contribution in [0.15, 0.2) is 24.3 Å². The molecule has 3 heterocycles. The van der Waals surface area contributed by atoms with Gasteiger partial charge in [0.15, 0.2) is 0 Å². The van der Waals surface area contributed by atoms with E-state index in [4.69, 9.17) is 10.5 Å². The molecule has 21 nitrogen and oxygen atoms in total. The van der Waals surface area contributed by atoms with Gasteiger partial charge in [0.05, 0.1) is 0 Å². The van der Waals surface area contributed by atoms with Crippen molar-refractivity contribution in [3.8, 4) is 5.75 Å². The van der Waals surface area contributed by atoms with Crippen LogP contribution < -0.4 is 32.3 Å². The second kappa shape index (κ2) is 23.6. The number of fused-ring (bicyclic) bond motifs is 3. The smallest absolute Gasteiger partial charge is 0.329 e. The Balaban J connectivity index is 1.89. The van der Waals surface area contributed by atoms with Gasteiger partial charge in [-0.25, -0.2) is 9.59 Å². The van der Waals surface area contributed by atoms with Crippen molar-refractivity contribution in [2.24, 2.45) is 29.4 Å². The third-order valence-corrected chi connectivity index (χ3v) is 12.8. The Labute approximate surface area is 392 Å². The number of hydrogen-bond donors (Lipinski definition) is 8. The second-order valence-corrected chi connectivity index (χ2v) is 19.0. The highest BCUT2D eigenvalue weighted by Gasteiger charge is 2.52. The molecule has 0 spiro atoms. The van der Waals surface area contributed by atoms with Crippen LogP contribution in [0.3, 0.4) is 0 Å². The van der Waals surface area contributed by atoms with Crippen molar-refractivity contribution in [2.75, 3.05) is 20.1 Å². The van der Waals surface area contributed by atoms with E-state index in [0.29, 0.717) is 12.0 Å². The zero-order chi connectivity index (χ0) is 50.0. The first-order valence-corrected chi connectivity index (χ1v) is 23.2. The first kappa shape index (κ1) is 53.6. The lowest BCUT2D eigenvalue weighted by Gasteiger charge is -2.44. The predicted octanol–water partition coefficient (Wildman–Crippen LogP) is -0.000800. The number of likely N-dealkylation sites (tertiary alicyclic amines) is 1. The second-order valence-electron chi connectivity index (χ2n) is 19.0. The largest absolute Gasteiger partial charge is 0.508 e. The number of rotatable bonds is 13. The van der Waals surface area contributed by atoms with Gasteiger partial charge < -0.3 is 62.0 Å². The number of hydrogen-bond acceptors (Lipinski definition) is 12. The number of piperidine rings is 1. The Morgan fingerprint density at radius 2 is 1.58 bits per heavy atom. The fourth-order valence-electron chi connectivity index (χ4n) is 8.97. The molecule has 1 aromatic carbocycles. The van der Waals surface area contributed by atoms with Crippen LogP contribution in [0.1, 0.15) is 99.5 Å². The number of nitrogens with zero attached hydrogens (tertiary/aromatic N) is 3. The lowest BCUT2D eigenvalue weighted by Crippen LogP contribution is -2.66. The standard InChI is InChI=1S/C46H71N9O12/c1-10-25(6)36-44(64)53(9)33(21-28-13-15-29(57)16-14-28)40(60)52-35(24(4)5)45(65)67-38-26(7)22-54(42(62)30(49-27(8)56)12-11-19-48-46(47)66)37(38)41(61)51-32(20-23(2)3)39(59)50-31-17-18-34(58)55(36)43(31)63/h13-16,23-26,30-38,57-58H,10-12,17-22H2,1-9H3,(H,49,56)(H,50,59)(H,51,61)(H,52,60)(H3,47,48,66)/t25-,26+,30-,31-,32-,33-,34+,35-,36-,37-,38+/m0/s1. The quantitative estimate of drug-likeness (QED) is 0.0958. The molecule has 3 aliphatic rings. The molecule has 21 heteroatoms. The summed E-state index contributed by atoms with van der Waals surface area (Å²) >= 11 is 0. The van der Waals surface area contributed by atoms with Gasteiger partial charge in [0, 0.05) is 39.4 Å². The van der Waals surface area contributed by atoms with Crippen molar-refractivity contribution >= 4 is 53.4 Å². The average molecular weight is 942 g/mol. The van der Waals surface area contributed by atoms with Crippen LogP contribution in [0.25, 0.3) is 0 Å². The van der Waals surface area contributed by atoms with Gasteiger partial charge in [0.2, 0.25) is 41.4 Å². The summed E-state index contributed by atoms with van der Waals surface area (Å²) in [5.74, 6) is -8.20. The summed E-state index contributed by atoms with van der Waals surface area (Å²) in [6, 6.07) is -4.11. The number of likely N-dealkylation sites (N-methyl/N-ethyl adjacent to an activating group) is 1. The molecule has 1 aromatic rings. The van der Waals surface area contributed by atoms with E-state index in [9.17, 15) is 53.4 Å². The number of carbonyl (C=O) groups is 9. The molecule has 3 saturated heterocycles. The number of phenols is 1. The van der Waals surface area contributed by atoms with Gasteiger partial charge in [0.25, 0.3) is 0 Å². The summed E-state index contributed by atoms with van der Waals surface area (Å²) < 4.78 is 6.17. The van der Waals surface area contributed by atoms with Crippen molar-refractivity contribution in [2.45, 2.75) is 155 Å². The number of ether oxygens (including phenoxy) is 1. The molecule has 3 fully saturated rings. The van der Waals surface area contributed by atoms with E-state index in [1.165, 1.54) is 35.9 Å². The maximum Gasteiger partial charge on any atom is 0.329 e. The van der Waals surface area contributed by atoms with Crippen molar-refractivity contribution < 1.29 is 58.1 Å². The molecular formula is C46H71N9O12. The monoisotopic (exact) mass is 942 g/mol. The van der Waals surface area contributed by atoms with Gasteiger partial charge in [-0.3, -0.25) is 33.6 Å². The van der Waals surface area contributed by atoms with Crippen LogP contribution in [0, 0.1) is 23.7 Å². The van der Waals surface area contributed by atoms with Gasteiger partial charge in [-0.1, -0.05) is 67.0 Å². The number of esters is 1. The number of benzene rings is 1. The number of phenolic OH excluding ortho intramolecular Hbond substituents is 1. The highest BCUT2D eigenvalue weighted by Crippen LogP contribution is 2.31. The van der Waals surface area contributed by atoms with Crippen molar-refractivity contribution in [3.63, 3.8) is 0 Å². The Hall–Kier alpha value is -5.99. The summed E-state index contributed by atoms with van der Waals surface area (Å²) in [5, 5.41) is 34.8. The van der Waals surface area contributed by atoms with Gasteiger partial charge in [-0.2, -0.15) is 0 Å². The minimum absolute atomic E-state index is 0.00967. The number of urea groups is 1. The molecule has 0 unspecified atom stereocenters. The van der Waals surface area contributed by atoms with E-state index in [1.807, 2.05) is 13.8 Å². The van der Waals surface area contributed by atoms with Crippen molar-refractivity contribution in [3.05, 3.63) is 29.8 Å². The Kier molecular flexibility index (Phi) is 18.9. The molecule has 0 saturated carbocycles. The van der Waals surface area contributed by atoms with Crippen LogP contribution in [0.4, 0.5) is 4.79 Å². The molecule has 372 valence electrons. The van der Waals surface area contributed by atoms with E-state index in [-0.39, 0.29) is 63.3 Å². The van der Waals surface area contributed by atoms with E-state index < -0.39 is 126 Å². The average Bonchev–Trinajstić information content (AvgIpc) is 3.58. The molecule has 67 heavy (non-hydrogen) atoms. The zero-order valence-corrected chi connectivity index (χ0v) is 40.1. The summed E-state index contributed by atoms with van der Waals surface area (Å²) in [6.45, 7) is 13.3. The van der Waals surface area contributed by atoms with Crippen LogP contribution in [-0.2, 0) is 49.5 Å². The number of aliphatic hydroxyl groups is 1. The summed E-state index contributed by atoms with van der Waals surface area (Å²) in [7, 11) is 1.39. The Morgan fingerprint density at radius 3 is 2.16 bits per heavy atom. The fourth-order valence-corrected chi connectivity index (χ4v) is 8.97. The van der Waals surface area contributed by atoms with Crippen molar-refractivity contribution in [1.82, 2.24) is 41.3 Å². The molecule has 0 aromatic heterocycles. The normalized spacial score (nSPS) is 27.7. The van der Waals surface area contributed by atoms with Crippen LogP contribution >= 0.6 is 0 Å². The summed E-state index contributed by atoms with van der Waals surface area (Å²) in [5.41, 5.74) is 5.74. The van der Waals surface area contributed by atoms with E-state index in [0.717, 1.165) is 4.90 Å². The van der Waals surface area contributed by atoms with E-state index in [1.54, 1.807) is 46.8 Å². The first-order chi connectivity index (χ1) is 31.5. The SMILES string of the molecule is CC[C@H](C)[C@H]1C(=O)N(C)[C@@H](Cc2ccc(O)cc2)C(=O)N[C@@H](C(C)C)C(=O)O[C@@H]2[C@H](C)CN(C(=O)[C@H](CCCNC(N)=O)NC(C)=O)[C@@H]2C(=O)N[C@@H](CC(C)C)C(=O)N[C@H]2CC[C@@H](O)N1C2=O. The summed E-state index contributed by atoms with van der Waals surface area (Å²) in [6.07, 6.45) is -2.28. The number of amides is 9. The molecule has 0 aliphatic carbocycles. The molecule has 9 amide bonds. The van der Waals surface area contributed by atoms with Gasteiger partial charge in [0.1, 0.15) is 60.4 Å². The molecular weight excluding hydrogens is 871 g/mol. The van der Waals surface area contributed by atoms with Crippen LogP contribution in [-0.4, -0.2) is 153 Å². The molecule has 11 atom stereocenters. The van der Waals surface area contributed by atoms with Crippen LogP contribution in [0.5, 0.6) is 5.75 Å². The van der Waals surface area contributed by atoms with Gasteiger partial charge in [-0.15, -0.1) is 0 Å². The maximum absolute atomic E-state index is 14.9. The minimum Gasteiger partial charge on any atom is -0.508 e. The lowest BCUT2D eigenvalue weighted by molar-refractivity contribution is -0.168. The maximum atomic E-state index is 14.9. The topological polar surface area (TPSA) is 299 Å². The Bertz CT molecular complexity index is 1980. The summed E-state index contributed by atoms with van der Waals surface area (Å²) in [4.78, 5) is 129. The zero-order valence-electron chi connectivity index (χ0n) is 40.1. The molecule has 2 bridgehead atoms. The highest BCUT2D eigenvalue weighted by atomic mass is 16.5. The third kappa shape index (κ3) is 13.6. The number of primary amides is 1. The number of aliphatic hydroxyl groups excluding tert-OH is 1. The lowest BCUT2D eigenvalue weighted by atomic mass is 9.91. The van der Waals surface area contributed by atoms with E-state index in [2.05, 4.69) is 26.6 Å². The first-order valence-electron chi connectivity index (χ1n) is 23.2. The van der Waals surface area contributed by atoms with Gasteiger partial charge in [-0.05, 0) is 67.6 Å². The molecule has 4 rings (SSSR count). The molecule has 9 N–H and O–H groups in total. The number of aromatic hydroxyl groups is 1. The molecule has 3 aliphatic heterocycles.